The predicted molar refractivity (Wildman–Crippen MR) is 53.7 cm³/mol. The average molecular weight is 192 g/mol. The number of methoxy groups -OCH3 is 1. The fourth-order valence-electron chi connectivity index (χ4n) is 0.821. The van der Waals surface area contributed by atoms with E-state index in [-0.39, 0.29) is 5.56 Å². The quantitative estimate of drug-likeness (QED) is 0.731. The van der Waals surface area contributed by atoms with Gasteiger partial charge >= 0.3 is 5.97 Å². The topological polar surface area (TPSA) is 46.5 Å². The van der Waals surface area contributed by atoms with Crippen molar-refractivity contribution in [2.45, 2.75) is 6.42 Å². The van der Waals surface area contributed by atoms with Crippen molar-refractivity contribution >= 4 is 5.97 Å². The summed E-state index contributed by atoms with van der Waals surface area (Å²) in [5.74, 6) is -0.581. The van der Waals surface area contributed by atoms with E-state index in [9.17, 15) is 4.79 Å². The number of benzene rings is 1. The van der Waals surface area contributed by atoms with Crippen molar-refractivity contribution in [3.63, 3.8) is 0 Å². The molecule has 0 radical (unpaired) electrons. The SMILES string of the molecule is C1=CC1.COc1ccccc1C(=O)O. The van der Waals surface area contributed by atoms with Crippen LogP contribution in [0.25, 0.3) is 0 Å². The Hall–Kier alpha value is -1.77. The zero-order valence-electron chi connectivity index (χ0n) is 7.93. The van der Waals surface area contributed by atoms with Gasteiger partial charge in [-0.1, -0.05) is 24.3 Å². The van der Waals surface area contributed by atoms with Crippen molar-refractivity contribution in [2.75, 3.05) is 7.11 Å². The summed E-state index contributed by atoms with van der Waals surface area (Å²) in [5, 5.41) is 8.62. The van der Waals surface area contributed by atoms with Crippen LogP contribution in [-0.2, 0) is 0 Å². The zero-order valence-corrected chi connectivity index (χ0v) is 7.93. The summed E-state index contributed by atoms with van der Waals surface area (Å²) in [6.45, 7) is 0. The van der Waals surface area contributed by atoms with E-state index in [1.165, 1.54) is 19.6 Å². The first kappa shape index (κ1) is 10.3. The van der Waals surface area contributed by atoms with Gasteiger partial charge in [-0.25, -0.2) is 4.79 Å². The maximum atomic E-state index is 10.5. The molecule has 1 aromatic carbocycles. The lowest BCUT2D eigenvalue weighted by Crippen LogP contribution is -1.99. The van der Waals surface area contributed by atoms with Gasteiger partial charge in [0.15, 0.2) is 0 Å². The second kappa shape index (κ2) is 5.07. The minimum absolute atomic E-state index is 0.190. The van der Waals surface area contributed by atoms with Gasteiger partial charge in [-0.3, -0.25) is 0 Å². The van der Waals surface area contributed by atoms with Crippen LogP contribution in [-0.4, -0.2) is 18.2 Å². The highest BCUT2D eigenvalue weighted by Gasteiger charge is 2.07. The Morgan fingerprint density at radius 1 is 1.36 bits per heavy atom. The van der Waals surface area contributed by atoms with Crippen molar-refractivity contribution in [2.24, 2.45) is 0 Å². The maximum Gasteiger partial charge on any atom is 0.339 e. The van der Waals surface area contributed by atoms with Crippen LogP contribution in [0.5, 0.6) is 5.75 Å². The minimum Gasteiger partial charge on any atom is -0.496 e. The van der Waals surface area contributed by atoms with E-state index >= 15 is 0 Å². The molecule has 0 saturated heterocycles. The highest BCUT2D eigenvalue weighted by atomic mass is 16.5. The van der Waals surface area contributed by atoms with Gasteiger partial charge in [-0.15, -0.1) is 0 Å². The largest absolute Gasteiger partial charge is 0.496 e. The normalized spacial score (nSPS) is 11.2. The third kappa shape index (κ3) is 3.31. The lowest BCUT2D eigenvalue weighted by molar-refractivity contribution is 0.0693. The molecule has 1 aromatic rings. The molecular weight excluding hydrogens is 180 g/mol. The molecule has 1 N–H and O–H groups in total. The number of carbonyl (C=O) groups is 1. The summed E-state index contributed by atoms with van der Waals surface area (Å²) in [6.07, 6.45) is 5.50. The summed E-state index contributed by atoms with van der Waals surface area (Å²) >= 11 is 0. The molecule has 3 nitrogen and oxygen atoms in total. The first-order valence-electron chi connectivity index (χ1n) is 4.27. The van der Waals surface area contributed by atoms with Crippen LogP contribution in [0.2, 0.25) is 0 Å². The molecular formula is C11H12O3. The molecule has 14 heavy (non-hydrogen) atoms. The predicted octanol–water partition coefficient (Wildman–Crippen LogP) is 2.34. The first-order chi connectivity index (χ1) is 6.75. The van der Waals surface area contributed by atoms with Gasteiger partial charge in [0.25, 0.3) is 0 Å². The Bertz CT molecular complexity index is 338. The van der Waals surface area contributed by atoms with Crippen LogP contribution in [0.15, 0.2) is 36.4 Å². The standard InChI is InChI=1S/C8H8O3.C3H4/c1-11-7-5-3-2-4-6(7)8(9)10;1-2-3-1/h2-5H,1H3,(H,9,10);1-2H,3H2. The molecule has 0 amide bonds. The Morgan fingerprint density at radius 3 is 2.29 bits per heavy atom. The Labute approximate surface area is 82.6 Å². The number of rotatable bonds is 2. The molecule has 0 fully saturated rings. The van der Waals surface area contributed by atoms with Crippen LogP contribution < -0.4 is 4.74 Å². The number of hydrogen-bond acceptors (Lipinski definition) is 2. The number of ether oxygens (including phenoxy) is 1. The third-order valence-corrected chi connectivity index (χ3v) is 1.57. The van der Waals surface area contributed by atoms with Gasteiger partial charge in [0.1, 0.15) is 11.3 Å². The summed E-state index contributed by atoms with van der Waals surface area (Å²) in [5.41, 5.74) is 0.190. The molecule has 0 spiro atoms. The number of hydrogen-bond donors (Lipinski definition) is 1. The van der Waals surface area contributed by atoms with Crippen molar-refractivity contribution in [3.8, 4) is 5.75 Å². The average Bonchev–Trinajstić information content (AvgIpc) is 3.04. The van der Waals surface area contributed by atoms with Gasteiger partial charge in [0.2, 0.25) is 0 Å². The van der Waals surface area contributed by atoms with Crippen molar-refractivity contribution < 1.29 is 14.6 Å². The minimum atomic E-state index is -0.970. The second-order valence-electron chi connectivity index (χ2n) is 2.71. The van der Waals surface area contributed by atoms with E-state index < -0.39 is 5.97 Å². The smallest absolute Gasteiger partial charge is 0.339 e. The molecule has 0 saturated carbocycles. The molecule has 0 unspecified atom stereocenters. The molecule has 0 aromatic heterocycles. The number of allylic oxidation sites excluding steroid dienone is 2. The van der Waals surface area contributed by atoms with E-state index in [0.29, 0.717) is 5.75 Å². The van der Waals surface area contributed by atoms with Gasteiger partial charge in [0.05, 0.1) is 7.11 Å². The summed E-state index contributed by atoms with van der Waals surface area (Å²) < 4.78 is 4.83. The summed E-state index contributed by atoms with van der Waals surface area (Å²) in [4.78, 5) is 10.5. The number of aromatic carboxylic acids is 1. The molecule has 0 aliphatic heterocycles. The van der Waals surface area contributed by atoms with Crippen LogP contribution in [0.1, 0.15) is 16.8 Å². The summed E-state index contributed by atoms with van der Waals surface area (Å²) in [6, 6.07) is 6.50. The van der Waals surface area contributed by atoms with Crippen LogP contribution in [0.4, 0.5) is 0 Å². The van der Waals surface area contributed by atoms with E-state index in [2.05, 4.69) is 12.2 Å². The lowest BCUT2D eigenvalue weighted by atomic mass is 10.2. The fraction of sp³-hybridized carbons (Fsp3) is 0.182. The van der Waals surface area contributed by atoms with Crippen LogP contribution >= 0.6 is 0 Å². The third-order valence-electron chi connectivity index (χ3n) is 1.57. The van der Waals surface area contributed by atoms with E-state index in [4.69, 9.17) is 9.84 Å². The van der Waals surface area contributed by atoms with Crippen molar-refractivity contribution in [3.05, 3.63) is 42.0 Å². The van der Waals surface area contributed by atoms with Crippen molar-refractivity contribution in [1.82, 2.24) is 0 Å². The van der Waals surface area contributed by atoms with Gasteiger partial charge in [-0.2, -0.15) is 0 Å². The monoisotopic (exact) mass is 192 g/mol. The first-order valence-corrected chi connectivity index (χ1v) is 4.27. The van der Waals surface area contributed by atoms with Gasteiger partial charge in [0, 0.05) is 0 Å². The van der Waals surface area contributed by atoms with Gasteiger partial charge in [-0.05, 0) is 18.6 Å². The molecule has 2 rings (SSSR count). The highest BCUT2D eigenvalue weighted by Crippen LogP contribution is 2.16. The highest BCUT2D eigenvalue weighted by molar-refractivity contribution is 5.90. The molecule has 3 heteroatoms. The lowest BCUT2D eigenvalue weighted by Gasteiger charge is -2.01. The Kier molecular flexibility index (Phi) is 3.73. The Balaban J connectivity index is 0.000000276. The Morgan fingerprint density at radius 2 is 1.93 bits per heavy atom. The second-order valence-corrected chi connectivity index (χ2v) is 2.71. The number of para-hydroxylation sites is 1. The summed E-state index contributed by atoms with van der Waals surface area (Å²) in [7, 11) is 1.45. The molecule has 74 valence electrons. The zero-order chi connectivity index (χ0) is 10.4. The van der Waals surface area contributed by atoms with Crippen molar-refractivity contribution in [1.29, 1.82) is 0 Å². The van der Waals surface area contributed by atoms with E-state index in [1.807, 2.05) is 0 Å². The maximum absolute atomic E-state index is 10.5. The molecule has 0 heterocycles. The molecule has 1 aliphatic rings. The number of carboxylic acid groups (broad SMARTS) is 1. The fourth-order valence-corrected chi connectivity index (χ4v) is 0.821. The van der Waals surface area contributed by atoms with Crippen LogP contribution in [0.3, 0.4) is 0 Å². The van der Waals surface area contributed by atoms with E-state index in [1.54, 1.807) is 18.2 Å². The van der Waals surface area contributed by atoms with Gasteiger partial charge < -0.3 is 9.84 Å². The molecule has 1 aliphatic carbocycles. The molecule has 0 bridgehead atoms. The number of carboxylic acids is 1. The van der Waals surface area contributed by atoms with E-state index in [0.717, 1.165) is 0 Å². The molecule has 0 atom stereocenters. The van der Waals surface area contributed by atoms with Crippen LogP contribution in [0, 0.1) is 0 Å².